The van der Waals surface area contributed by atoms with Gasteiger partial charge in [-0.25, -0.2) is 8.78 Å². The zero-order valence-corrected chi connectivity index (χ0v) is 19.2. The fourth-order valence-electron chi connectivity index (χ4n) is 4.77. The number of nitrogens with zero attached hydrogens (tertiary/aromatic N) is 5. The molecule has 6 nitrogen and oxygen atoms in total. The number of rotatable bonds is 6. The second kappa shape index (κ2) is 8.56. The van der Waals surface area contributed by atoms with E-state index in [2.05, 4.69) is 41.2 Å². The largest absolute Gasteiger partial charge is 0.408 e. The van der Waals surface area contributed by atoms with Crippen LogP contribution in [0.2, 0.25) is 0 Å². The van der Waals surface area contributed by atoms with Crippen LogP contribution >= 0.6 is 0 Å². The second-order valence-corrected chi connectivity index (χ2v) is 9.20. The summed E-state index contributed by atoms with van der Waals surface area (Å²) in [7, 11) is 0. The van der Waals surface area contributed by atoms with Gasteiger partial charge in [0.25, 0.3) is 0 Å². The number of anilines is 1. The zero-order valence-electron chi connectivity index (χ0n) is 19.2. The Kier molecular flexibility index (Phi) is 5.97. The zero-order chi connectivity index (χ0) is 23.0. The normalized spacial score (nSPS) is 20.4. The third-order valence-corrected chi connectivity index (χ3v) is 6.53. The standard InChI is InChI=1S/C24H29F2N5O/c1-6-31(23-30-27-15(4)32-23)13-24(5)11-10-16(14(2)3)17-12-20(28-29-22(17)24)21-18(25)8-7-9-19(21)26/h7-9,12,14,16H,6,10-11,13H2,1-5H3. The van der Waals surface area contributed by atoms with Crippen molar-refractivity contribution in [1.82, 2.24) is 20.4 Å². The summed E-state index contributed by atoms with van der Waals surface area (Å²) in [4.78, 5) is 2.05. The van der Waals surface area contributed by atoms with Crippen LogP contribution < -0.4 is 4.90 Å². The molecular weight excluding hydrogens is 412 g/mol. The number of aromatic nitrogens is 4. The average Bonchev–Trinajstić information content (AvgIpc) is 3.18. The predicted octanol–water partition coefficient (Wildman–Crippen LogP) is 5.43. The third kappa shape index (κ3) is 3.98. The topological polar surface area (TPSA) is 67.9 Å². The van der Waals surface area contributed by atoms with E-state index in [4.69, 9.17) is 4.42 Å². The van der Waals surface area contributed by atoms with Crippen LogP contribution in [0.3, 0.4) is 0 Å². The Morgan fingerprint density at radius 3 is 2.47 bits per heavy atom. The Morgan fingerprint density at radius 2 is 1.88 bits per heavy atom. The van der Waals surface area contributed by atoms with Gasteiger partial charge in [-0.1, -0.05) is 31.9 Å². The summed E-state index contributed by atoms with van der Waals surface area (Å²) in [5.74, 6) is -0.154. The second-order valence-electron chi connectivity index (χ2n) is 9.20. The van der Waals surface area contributed by atoms with Crippen molar-refractivity contribution < 1.29 is 13.2 Å². The van der Waals surface area contributed by atoms with Crippen LogP contribution in [0.15, 0.2) is 28.7 Å². The van der Waals surface area contributed by atoms with Crippen LogP contribution in [0.25, 0.3) is 11.3 Å². The van der Waals surface area contributed by atoms with Gasteiger partial charge >= 0.3 is 6.01 Å². The van der Waals surface area contributed by atoms with E-state index in [1.165, 1.54) is 18.2 Å². The van der Waals surface area contributed by atoms with Crippen molar-refractivity contribution in [3.63, 3.8) is 0 Å². The Balaban J connectivity index is 1.78. The minimum Gasteiger partial charge on any atom is -0.408 e. The lowest BCUT2D eigenvalue weighted by Gasteiger charge is -2.41. The maximum Gasteiger partial charge on any atom is 0.318 e. The molecule has 4 rings (SSSR count). The van der Waals surface area contributed by atoms with Crippen molar-refractivity contribution in [2.24, 2.45) is 5.92 Å². The Morgan fingerprint density at radius 1 is 1.16 bits per heavy atom. The van der Waals surface area contributed by atoms with E-state index in [1.54, 1.807) is 6.92 Å². The minimum atomic E-state index is -0.636. The molecule has 0 bridgehead atoms. The molecule has 1 aliphatic carbocycles. The number of benzene rings is 1. The first-order valence-corrected chi connectivity index (χ1v) is 11.1. The number of halogens is 2. The van der Waals surface area contributed by atoms with E-state index in [0.717, 1.165) is 24.1 Å². The maximum absolute atomic E-state index is 14.4. The molecule has 0 spiro atoms. The van der Waals surface area contributed by atoms with E-state index >= 15 is 0 Å². The van der Waals surface area contributed by atoms with Gasteiger partial charge < -0.3 is 9.32 Å². The highest BCUT2D eigenvalue weighted by Crippen LogP contribution is 2.46. The van der Waals surface area contributed by atoms with Crippen molar-refractivity contribution in [1.29, 1.82) is 0 Å². The molecule has 2 atom stereocenters. The summed E-state index contributed by atoms with van der Waals surface area (Å²) < 4.78 is 34.5. The van der Waals surface area contributed by atoms with Gasteiger partial charge in [0.1, 0.15) is 11.6 Å². The van der Waals surface area contributed by atoms with E-state index in [1.807, 2.05) is 17.9 Å². The lowest BCUT2D eigenvalue weighted by atomic mass is 9.67. The van der Waals surface area contributed by atoms with E-state index in [0.29, 0.717) is 30.9 Å². The molecule has 0 fully saturated rings. The maximum atomic E-state index is 14.4. The molecule has 1 aromatic carbocycles. The third-order valence-electron chi connectivity index (χ3n) is 6.53. The summed E-state index contributed by atoms with van der Waals surface area (Å²) in [6.45, 7) is 11.6. The molecule has 0 saturated carbocycles. The SMILES string of the molecule is CCN(CC1(C)CCC(C(C)C)c2cc(-c3c(F)cccc3F)nnc21)c1nnc(C)o1. The minimum absolute atomic E-state index is 0.130. The molecule has 3 aromatic rings. The molecule has 8 heteroatoms. The fourth-order valence-corrected chi connectivity index (χ4v) is 4.77. The average molecular weight is 442 g/mol. The van der Waals surface area contributed by atoms with Crippen molar-refractivity contribution in [2.45, 2.75) is 58.8 Å². The molecule has 0 N–H and O–H groups in total. The lowest BCUT2D eigenvalue weighted by Crippen LogP contribution is -2.43. The van der Waals surface area contributed by atoms with Gasteiger partial charge in [-0.3, -0.25) is 0 Å². The predicted molar refractivity (Wildman–Crippen MR) is 118 cm³/mol. The van der Waals surface area contributed by atoms with Crippen LogP contribution in [0.4, 0.5) is 14.8 Å². The quantitative estimate of drug-likeness (QED) is 0.508. The first kappa shape index (κ1) is 22.3. The molecule has 2 heterocycles. The summed E-state index contributed by atoms with van der Waals surface area (Å²) in [6.07, 6.45) is 1.86. The van der Waals surface area contributed by atoms with Crippen LogP contribution in [-0.4, -0.2) is 33.5 Å². The van der Waals surface area contributed by atoms with Crippen molar-refractivity contribution in [3.05, 3.63) is 53.0 Å². The number of hydrogen-bond donors (Lipinski definition) is 0. The highest BCUT2D eigenvalue weighted by molar-refractivity contribution is 5.62. The molecule has 0 saturated heterocycles. The highest BCUT2D eigenvalue weighted by Gasteiger charge is 2.41. The smallest absolute Gasteiger partial charge is 0.318 e. The Labute approximate surface area is 187 Å². The molecule has 2 unspecified atom stereocenters. The van der Waals surface area contributed by atoms with Gasteiger partial charge in [-0.2, -0.15) is 10.2 Å². The first-order valence-electron chi connectivity index (χ1n) is 11.1. The Bertz CT molecular complexity index is 1100. The van der Waals surface area contributed by atoms with E-state index in [-0.39, 0.29) is 22.6 Å². The van der Waals surface area contributed by atoms with Crippen molar-refractivity contribution in [2.75, 3.05) is 18.0 Å². The van der Waals surface area contributed by atoms with Crippen LogP contribution in [0.1, 0.15) is 63.6 Å². The van der Waals surface area contributed by atoms with Gasteiger partial charge in [0.05, 0.1) is 17.0 Å². The van der Waals surface area contributed by atoms with Gasteiger partial charge in [0.2, 0.25) is 5.89 Å². The van der Waals surface area contributed by atoms with Crippen LogP contribution in [-0.2, 0) is 5.41 Å². The fraction of sp³-hybridized carbons (Fsp3) is 0.500. The number of aryl methyl sites for hydroxylation is 1. The molecular formula is C24H29F2N5O. The van der Waals surface area contributed by atoms with E-state index in [9.17, 15) is 8.78 Å². The summed E-state index contributed by atoms with van der Waals surface area (Å²) in [6, 6.07) is 6.16. The van der Waals surface area contributed by atoms with Crippen LogP contribution in [0.5, 0.6) is 0 Å². The van der Waals surface area contributed by atoms with Crippen molar-refractivity contribution in [3.8, 4) is 11.3 Å². The van der Waals surface area contributed by atoms with Crippen molar-refractivity contribution >= 4 is 6.01 Å². The summed E-state index contributed by atoms with van der Waals surface area (Å²) in [5.41, 5.74) is 1.67. The lowest BCUT2D eigenvalue weighted by molar-refractivity contribution is 0.311. The summed E-state index contributed by atoms with van der Waals surface area (Å²) in [5, 5.41) is 17.0. The number of likely N-dealkylation sites (N-methyl/N-ethyl adjacent to an activating group) is 1. The van der Waals surface area contributed by atoms with Gasteiger partial charge in [-0.05, 0) is 55.4 Å². The summed E-state index contributed by atoms with van der Waals surface area (Å²) >= 11 is 0. The first-order chi connectivity index (χ1) is 15.2. The van der Waals surface area contributed by atoms with Gasteiger partial charge in [-0.15, -0.1) is 5.10 Å². The molecule has 1 aliphatic rings. The molecule has 170 valence electrons. The molecule has 0 amide bonds. The molecule has 0 aliphatic heterocycles. The molecule has 32 heavy (non-hydrogen) atoms. The van der Waals surface area contributed by atoms with Gasteiger partial charge in [0, 0.05) is 25.4 Å². The van der Waals surface area contributed by atoms with Crippen LogP contribution in [0, 0.1) is 24.5 Å². The molecule has 0 radical (unpaired) electrons. The highest BCUT2D eigenvalue weighted by atomic mass is 19.1. The molecule has 2 aromatic heterocycles. The monoisotopic (exact) mass is 441 g/mol. The van der Waals surface area contributed by atoms with Gasteiger partial charge in [0.15, 0.2) is 0 Å². The van der Waals surface area contributed by atoms with E-state index < -0.39 is 11.6 Å². The number of fused-ring (bicyclic) bond motifs is 1. The Hall–Kier alpha value is -2.90. The number of hydrogen-bond acceptors (Lipinski definition) is 6.